The Labute approximate surface area is 132 Å². The highest BCUT2D eigenvalue weighted by Crippen LogP contribution is 2.16. The number of nitrogens with one attached hydrogen (secondary N) is 1. The van der Waals surface area contributed by atoms with E-state index in [2.05, 4.69) is 0 Å². The molecular weight excluding hydrogens is 315 g/mol. The average molecular weight is 329 g/mol. The maximum absolute atomic E-state index is 10.7. The number of carbonyl (C=O) groups excluding carboxylic acids is 1. The van der Waals surface area contributed by atoms with Crippen molar-refractivity contribution in [3.8, 4) is 0 Å². The highest BCUT2D eigenvalue weighted by Gasteiger charge is 2.06. The van der Waals surface area contributed by atoms with Gasteiger partial charge in [-0.3, -0.25) is 20.7 Å². The Morgan fingerprint density at radius 2 is 1.43 bits per heavy atom. The third-order valence-electron chi connectivity index (χ3n) is 2.34. The SMILES string of the molecule is CC(=O)N(O)c1ccc(Cl)cc1.ONc1ccc(Cl)cc1. The standard InChI is InChI=1S/C8H8ClNO2.C6H6ClNO/c1-6(11)10(12)8-4-2-7(9)3-5-8;7-5-1-3-6(8-9)4-2-5/h2-5,12H,1H3;1-4,8-9H. The van der Waals surface area contributed by atoms with Gasteiger partial charge in [-0.15, -0.1) is 0 Å². The molecule has 0 saturated heterocycles. The van der Waals surface area contributed by atoms with Crippen LogP contribution < -0.4 is 10.5 Å². The van der Waals surface area contributed by atoms with E-state index in [9.17, 15) is 4.79 Å². The molecule has 3 N–H and O–H groups in total. The van der Waals surface area contributed by atoms with Crippen LogP contribution in [-0.4, -0.2) is 16.3 Å². The minimum atomic E-state index is -0.433. The zero-order valence-corrected chi connectivity index (χ0v) is 12.6. The summed E-state index contributed by atoms with van der Waals surface area (Å²) in [5.41, 5.74) is 3.04. The van der Waals surface area contributed by atoms with Gasteiger partial charge in [-0.25, -0.2) is 0 Å². The summed E-state index contributed by atoms with van der Waals surface area (Å²) < 4.78 is 0. The lowest BCUT2D eigenvalue weighted by atomic mass is 10.3. The van der Waals surface area contributed by atoms with E-state index in [-0.39, 0.29) is 0 Å². The molecule has 0 unspecified atom stereocenters. The smallest absolute Gasteiger partial charge is 0.247 e. The number of rotatable bonds is 2. The van der Waals surface area contributed by atoms with Crippen molar-refractivity contribution in [3.63, 3.8) is 0 Å². The zero-order valence-electron chi connectivity index (χ0n) is 11.1. The fraction of sp³-hybridized carbons (Fsp3) is 0.0714. The van der Waals surface area contributed by atoms with Crippen molar-refractivity contribution in [3.05, 3.63) is 58.6 Å². The molecule has 0 aliphatic rings. The molecular formula is C14H14Cl2N2O3. The van der Waals surface area contributed by atoms with Crippen molar-refractivity contribution < 1.29 is 15.2 Å². The van der Waals surface area contributed by atoms with Gasteiger partial charge in [0.25, 0.3) is 0 Å². The third-order valence-corrected chi connectivity index (χ3v) is 2.85. The Kier molecular flexibility index (Phi) is 6.98. The van der Waals surface area contributed by atoms with E-state index in [4.69, 9.17) is 33.6 Å². The number of hydrogen-bond donors (Lipinski definition) is 3. The predicted octanol–water partition coefficient (Wildman–Crippen LogP) is 4.22. The van der Waals surface area contributed by atoms with Gasteiger partial charge in [-0.2, -0.15) is 5.06 Å². The van der Waals surface area contributed by atoms with Gasteiger partial charge in [-0.05, 0) is 48.5 Å². The second kappa shape index (κ2) is 8.49. The van der Waals surface area contributed by atoms with Crippen molar-refractivity contribution in [2.24, 2.45) is 0 Å². The van der Waals surface area contributed by atoms with Gasteiger partial charge in [0.1, 0.15) is 0 Å². The fourth-order valence-electron chi connectivity index (χ4n) is 1.29. The van der Waals surface area contributed by atoms with Crippen LogP contribution in [0, 0.1) is 0 Å². The summed E-state index contributed by atoms with van der Waals surface area (Å²) in [6, 6.07) is 13.1. The lowest BCUT2D eigenvalue weighted by Crippen LogP contribution is -2.23. The molecule has 21 heavy (non-hydrogen) atoms. The van der Waals surface area contributed by atoms with Crippen molar-refractivity contribution in [2.75, 3.05) is 10.5 Å². The lowest BCUT2D eigenvalue weighted by molar-refractivity contribution is -0.121. The molecule has 7 heteroatoms. The summed E-state index contributed by atoms with van der Waals surface area (Å²) in [4.78, 5) is 10.7. The van der Waals surface area contributed by atoms with Crippen LogP contribution >= 0.6 is 23.2 Å². The zero-order chi connectivity index (χ0) is 15.8. The monoisotopic (exact) mass is 328 g/mol. The van der Waals surface area contributed by atoms with E-state index in [1.165, 1.54) is 6.92 Å². The fourth-order valence-corrected chi connectivity index (χ4v) is 1.54. The molecule has 0 saturated carbocycles. The first-order valence-corrected chi connectivity index (χ1v) is 6.60. The Morgan fingerprint density at radius 1 is 1.00 bits per heavy atom. The summed E-state index contributed by atoms with van der Waals surface area (Å²) in [6.07, 6.45) is 0. The maximum Gasteiger partial charge on any atom is 0.247 e. The number of nitrogens with zero attached hydrogens (tertiary/aromatic N) is 1. The van der Waals surface area contributed by atoms with Gasteiger partial charge in [0.05, 0.1) is 11.4 Å². The first kappa shape index (κ1) is 17.3. The highest BCUT2D eigenvalue weighted by molar-refractivity contribution is 6.30. The molecule has 112 valence electrons. The van der Waals surface area contributed by atoms with E-state index < -0.39 is 5.91 Å². The number of benzene rings is 2. The summed E-state index contributed by atoms with van der Waals surface area (Å²) in [6.45, 7) is 1.27. The van der Waals surface area contributed by atoms with Gasteiger partial charge in [0.2, 0.25) is 5.91 Å². The molecule has 0 aliphatic carbocycles. The van der Waals surface area contributed by atoms with Crippen molar-refractivity contribution in [1.82, 2.24) is 0 Å². The van der Waals surface area contributed by atoms with Gasteiger partial charge >= 0.3 is 0 Å². The Balaban J connectivity index is 0.000000219. The Bertz CT molecular complexity index is 574. The molecule has 0 atom stereocenters. The third kappa shape index (κ3) is 6.01. The minimum absolute atomic E-state index is 0.409. The van der Waals surface area contributed by atoms with E-state index in [1.807, 2.05) is 5.48 Å². The highest BCUT2D eigenvalue weighted by atomic mass is 35.5. The van der Waals surface area contributed by atoms with Gasteiger partial charge in [0, 0.05) is 17.0 Å². The number of halogens is 2. The van der Waals surface area contributed by atoms with Crippen molar-refractivity contribution >= 4 is 40.5 Å². The molecule has 0 aliphatic heterocycles. The topological polar surface area (TPSA) is 72.8 Å². The van der Waals surface area contributed by atoms with E-state index in [1.54, 1.807) is 48.5 Å². The molecule has 0 aromatic heterocycles. The van der Waals surface area contributed by atoms with Gasteiger partial charge < -0.3 is 0 Å². The molecule has 2 aromatic rings. The maximum atomic E-state index is 10.7. The van der Waals surface area contributed by atoms with Crippen LogP contribution in [-0.2, 0) is 4.79 Å². The summed E-state index contributed by atoms with van der Waals surface area (Å²) >= 11 is 11.2. The number of amides is 1. The quantitative estimate of drug-likeness (QED) is 0.570. The summed E-state index contributed by atoms with van der Waals surface area (Å²) in [5, 5.41) is 19.3. The van der Waals surface area contributed by atoms with Gasteiger partial charge in [-0.1, -0.05) is 23.2 Å². The van der Waals surface area contributed by atoms with Crippen molar-refractivity contribution in [1.29, 1.82) is 0 Å². The van der Waals surface area contributed by atoms with Crippen LogP contribution in [0.15, 0.2) is 48.5 Å². The second-order valence-corrected chi connectivity index (χ2v) is 4.80. The van der Waals surface area contributed by atoms with E-state index >= 15 is 0 Å². The van der Waals surface area contributed by atoms with Crippen LogP contribution in [0.25, 0.3) is 0 Å². The first-order valence-electron chi connectivity index (χ1n) is 5.85. The van der Waals surface area contributed by atoms with Crippen molar-refractivity contribution in [2.45, 2.75) is 6.92 Å². The summed E-state index contributed by atoms with van der Waals surface area (Å²) in [5.74, 6) is -0.433. The molecule has 0 bridgehead atoms. The van der Waals surface area contributed by atoms with Crippen LogP contribution in [0.5, 0.6) is 0 Å². The number of hydrogen-bond acceptors (Lipinski definition) is 4. The van der Waals surface area contributed by atoms with Crippen LogP contribution in [0.1, 0.15) is 6.92 Å². The normalized spacial score (nSPS) is 9.38. The molecule has 1 amide bonds. The minimum Gasteiger partial charge on any atom is -0.291 e. The molecule has 0 fully saturated rings. The first-order chi connectivity index (χ1) is 9.93. The summed E-state index contributed by atoms with van der Waals surface area (Å²) in [7, 11) is 0. The average Bonchev–Trinajstić information content (AvgIpc) is 2.49. The molecule has 2 aromatic carbocycles. The number of carbonyl (C=O) groups is 1. The van der Waals surface area contributed by atoms with E-state index in [0.717, 1.165) is 0 Å². The lowest BCUT2D eigenvalue weighted by Gasteiger charge is -2.11. The Hall–Kier alpha value is -1.79. The van der Waals surface area contributed by atoms with Crippen LogP contribution in [0.4, 0.5) is 11.4 Å². The molecule has 2 rings (SSSR count). The molecule has 0 radical (unpaired) electrons. The number of anilines is 2. The largest absolute Gasteiger partial charge is 0.291 e. The number of hydroxylamine groups is 1. The molecule has 0 heterocycles. The Morgan fingerprint density at radius 3 is 1.81 bits per heavy atom. The second-order valence-electron chi connectivity index (χ2n) is 3.93. The van der Waals surface area contributed by atoms with Gasteiger partial charge in [0.15, 0.2) is 0 Å². The predicted molar refractivity (Wildman–Crippen MR) is 83.3 cm³/mol. The molecule has 0 spiro atoms. The van der Waals surface area contributed by atoms with Crippen LogP contribution in [0.3, 0.4) is 0 Å². The van der Waals surface area contributed by atoms with E-state index in [0.29, 0.717) is 26.5 Å². The van der Waals surface area contributed by atoms with Crippen LogP contribution in [0.2, 0.25) is 10.0 Å². The molecule has 5 nitrogen and oxygen atoms in total.